The number of anilines is 3. The molecule has 0 unspecified atom stereocenters. The van der Waals surface area contributed by atoms with Crippen LogP contribution >= 0.6 is 0 Å². The van der Waals surface area contributed by atoms with Crippen LogP contribution in [-0.4, -0.2) is 24.1 Å². The van der Waals surface area contributed by atoms with Gasteiger partial charge >= 0.3 is 0 Å². The highest BCUT2D eigenvalue weighted by atomic mass is 16.5. The average Bonchev–Trinajstić information content (AvgIpc) is 2.39. The van der Waals surface area contributed by atoms with E-state index in [0.29, 0.717) is 5.82 Å². The molecule has 0 radical (unpaired) electrons. The minimum absolute atomic E-state index is 0.717. The number of para-hydroxylation sites is 2. The lowest BCUT2D eigenvalue weighted by Gasteiger charge is -2.10. The Labute approximate surface area is 99.9 Å². The summed E-state index contributed by atoms with van der Waals surface area (Å²) in [5.74, 6) is 2.25. The van der Waals surface area contributed by atoms with Crippen LogP contribution in [0.4, 0.5) is 17.3 Å². The van der Waals surface area contributed by atoms with Crippen molar-refractivity contribution in [3.8, 4) is 5.75 Å². The smallest absolute Gasteiger partial charge is 0.142 e. The maximum atomic E-state index is 5.25. The molecular formula is C12H14N4O. The third-order valence-electron chi connectivity index (χ3n) is 2.29. The van der Waals surface area contributed by atoms with Crippen molar-refractivity contribution in [1.82, 2.24) is 9.97 Å². The Morgan fingerprint density at radius 2 is 1.88 bits per heavy atom. The maximum Gasteiger partial charge on any atom is 0.142 e. The van der Waals surface area contributed by atoms with E-state index in [9.17, 15) is 0 Å². The van der Waals surface area contributed by atoms with Crippen LogP contribution in [0.15, 0.2) is 36.7 Å². The molecule has 5 heteroatoms. The monoisotopic (exact) mass is 230 g/mol. The van der Waals surface area contributed by atoms with Crippen LogP contribution in [-0.2, 0) is 0 Å². The van der Waals surface area contributed by atoms with Gasteiger partial charge in [0.05, 0.1) is 12.8 Å². The van der Waals surface area contributed by atoms with E-state index in [-0.39, 0.29) is 0 Å². The van der Waals surface area contributed by atoms with Crippen molar-refractivity contribution in [2.24, 2.45) is 0 Å². The summed E-state index contributed by atoms with van der Waals surface area (Å²) < 4.78 is 5.25. The lowest BCUT2D eigenvalue weighted by molar-refractivity contribution is 0.417. The van der Waals surface area contributed by atoms with Gasteiger partial charge in [-0.2, -0.15) is 0 Å². The van der Waals surface area contributed by atoms with Crippen LogP contribution in [0, 0.1) is 0 Å². The minimum Gasteiger partial charge on any atom is -0.495 e. The van der Waals surface area contributed by atoms with Gasteiger partial charge < -0.3 is 15.4 Å². The highest BCUT2D eigenvalue weighted by Gasteiger charge is 2.03. The third kappa shape index (κ3) is 2.63. The van der Waals surface area contributed by atoms with Gasteiger partial charge in [-0.3, -0.25) is 0 Å². The summed E-state index contributed by atoms with van der Waals surface area (Å²) in [6.45, 7) is 0. The minimum atomic E-state index is 0.717. The molecule has 0 spiro atoms. The molecule has 1 aromatic heterocycles. The number of aromatic nitrogens is 2. The molecule has 0 atom stereocenters. The van der Waals surface area contributed by atoms with E-state index >= 15 is 0 Å². The number of benzene rings is 1. The Bertz CT molecular complexity index is 501. The van der Waals surface area contributed by atoms with E-state index < -0.39 is 0 Å². The summed E-state index contributed by atoms with van der Waals surface area (Å²) in [5.41, 5.74) is 0.871. The zero-order valence-electron chi connectivity index (χ0n) is 9.77. The Balaban J connectivity index is 2.24. The van der Waals surface area contributed by atoms with Gasteiger partial charge in [0.25, 0.3) is 0 Å². The third-order valence-corrected chi connectivity index (χ3v) is 2.29. The first-order valence-electron chi connectivity index (χ1n) is 5.23. The normalized spacial score (nSPS) is 9.76. The molecule has 5 nitrogen and oxygen atoms in total. The molecule has 0 saturated carbocycles. The largest absolute Gasteiger partial charge is 0.495 e. The zero-order valence-corrected chi connectivity index (χ0v) is 9.77. The summed E-state index contributed by atoms with van der Waals surface area (Å²) in [4.78, 5) is 8.19. The highest BCUT2D eigenvalue weighted by molar-refractivity contribution is 5.65. The average molecular weight is 230 g/mol. The van der Waals surface area contributed by atoms with Gasteiger partial charge in [0.15, 0.2) is 0 Å². The summed E-state index contributed by atoms with van der Waals surface area (Å²) in [7, 11) is 3.45. The van der Waals surface area contributed by atoms with Crippen molar-refractivity contribution < 1.29 is 4.74 Å². The predicted molar refractivity (Wildman–Crippen MR) is 67.9 cm³/mol. The summed E-state index contributed by atoms with van der Waals surface area (Å²) >= 11 is 0. The first-order valence-corrected chi connectivity index (χ1v) is 5.23. The van der Waals surface area contributed by atoms with E-state index in [4.69, 9.17) is 4.74 Å². The molecule has 2 rings (SSSR count). The van der Waals surface area contributed by atoms with Crippen molar-refractivity contribution in [1.29, 1.82) is 0 Å². The molecule has 0 amide bonds. The quantitative estimate of drug-likeness (QED) is 0.843. The van der Waals surface area contributed by atoms with Crippen LogP contribution in [0.5, 0.6) is 5.75 Å². The van der Waals surface area contributed by atoms with Crippen LogP contribution in [0.2, 0.25) is 0 Å². The Morgan fingerprint density at radius 3 is 2.65 bits per heavy atom. The second-order valence-corrected chi connectivity index (χ2v) is 3.36. The van der Waals surface area contributed by atoms with E-state index in [1.807, 2.05) is 37.4 Å². The Hall–Kier alpha value is -2.30. The van der Waals surface area contributed by atoms with Crippen molar-refractivity contribution in [3.05, 3.63) is 36.7 Å². The molecule has 0 bridgehead atoms. The van der Waals surface area contributed by atoms with Gasteiger partial charge in [0.2, 0.25) is 0 Å². The standard InChI is InChI=1S/C12H14N4O/c1-13-11-7-12(15-8-14-11)16-9-5-3-4-6-10(9)17-2/h3-8H,1-2H3,(H2,13,14,15,16). The molecule has 88 valence electrons. The lowest BCUT2D eigenvalue weighted by Crippen LogP contribution is -1.99. The molecular weight excluding hydrogens is 216 g/mol. The predicted octanol–water partition coefficient (Wildman–Crippen LogP) is 2.27. The molecule has 0 aliphatic rings. The Kier molecular flexibility index (Phi) is 3.40. The molecule has 0 aliphatic heterocycles. The van der Waals surface area contributed by atoms with Crippen LogP contribution in [0.25, 0.3) is 0 Å². The fourth-order valence-electron chi connectivity index (χ4n) is 1.45. The molecule has 1 aromatic carbocycles. The highest BCUT2D eigenvalue weighted by Crippen LogP contribution is 2.26. The van der Waals surface area contributed by atoms with Crippen molar-refractivity contribution in [2.75, 3.05) is 24.8 Å². The van der Waals surface area contributed by atoms with E-state index in [2.05, 4.69) is 20.6 Å². The number of nitrogens with one attached hydrogen (secondary N) is 2. The second-order valence-electron chi connectivity index (χ2n) is 3.36. The van der Waals surface area contributed by atoms with Gasteiger partial charge in [-0.25, -0.2) is 9.97 Å². The zero-order chi connectivity index (χ0) is 12.1. The lowest BCUT2D eigenvalue weighted by atomic mass is 10.3. The number of rotatable bonds is 4. The number of hydrogen-bond acceptors (Lipinski definition) is 5. The van der Waals surface area contributed by atoms with E-state index in [1.165, 1.54) is 6.33 Å². The summed E-state index contributed by atoms with van der Waals surface area (Å²) in [6, 6.07) is 9.50. The molecule has 2 aromatic rings. The number of nitrogens with zero attached hydrogens (tertiary/aromatic N) is 2. The number of hydrogen-bond donors (Lipinski definition) is 2. The summed E-state index contributed by atoms with van der Waals surface area (Å²) in [6.07, 6.45) is 1.50. The molecule has 2 N–H and O–H groups in total. The first kappa shape index (κ1) is 11.2. The maximum absolute atomic E-state index is 5.25. The van der Waals surface area contributed by atoms with Gasteiger partial charge in [-0.15, -0.1) is 0 Å². The first-order chi connectivity index (χ1) is 8.33. The second kappa shape index (κ2) is 5.16. The van der Waals surface area contributed by atoms with Crippen molar-refractivity contribution in [3.63, 3.8) is 0 Å². The van der Waals surface area contributed by atoms with Crippen molar-refractivity contribution >= 4 is 17.3 Å². The van der Waals surface area contributed by atoms with Gasteiger partial charge in [-0.1, -0.05) is 12.1 Å². The Morgan fingerprint density at radius 1 is 1.12 bits per heavy atom. The summed E-state index contributed by atoms with van der Waals surface area (Å²) in [5, 5.41) is 6.14. The number of methoxy groups -OCH3 is 1. The molecule has 17 heavy (non-hydrogen) atoms. The molecule has 1 heterocycles. The van der Waals surface area contributed by atoms with Crippen LogP contribution in [0.1, 0.15) is 0 Å². The van der Waals surface area contributed by atoms with Gasteiger partial charge in [-0.05, 0) is 12.1 Å². The van der Waals surface area contributed by atoms with Gasteiger partial charge in [0.1, 0.15) is 23.7 Å². The fourth-order valence-corrected chi connectivity index (χ4v) is 1.45. The molecule has 0 fully saturated rings. The van der Waals surface area contributed by atoms with Crippen LogP contribution in [0.3, 0.4) is 0 Å². The number of ether oxygens (including phenoxy) is 1. The van der Waals surface area contributed by atoms with E-state index in [0.717, 1.165) is 17.3 Å². The molecule has 0 aliphatic carbocycles. The van der Waals surface area contributed by atoms with Crippen molar-refractivity contribution in [2.45, 2.75) is 0 Å². The molecule has 0 saturated heterocycles. The van der Waals surface area contributed by atoms with Gasteiger partial charge in [0, 0.05) is 13.1 Å². The fraction of sp³-hybridized carbons (Fsp3) is 0.167. The van der Waals surface area contributed by atoms with E-state index in [1.54, 1.807) is 7.11 Å². The SMILES string of the molecule is CNc1cc(Nc2ccccc2OC)ncn1. The van der Waals surface area contributed by atoms with Crippen LogP contribution < -0.4 is 15.4 Å². The topological polar surface area (TPSA) is 59.1 Å².